The van der Waals surface area contributed by atoms with Crippen molar-refractivity contribution in [1.82, 2.24) is 14.8 Å². The van der Waals surface area contributed by atoms with Crippen molar-refractivity contribution >= 4 is 38.8 Å². The summed E-state index contributed by atoms with van der Waals surface area (Å²) < 4.78 is 85.3. The number of piperazine rings is 1. The predicted octanol–water partition coefficient (Wildman–Crippen LogP) is 6.57. The second-order valence-corrected chi connectivity index (χ2v) is 12.4. The number of carbonyl (C=O) groups excluding carboxylic acids is 1. The Hall–Kier alpha value is -3.50. The Kier molecular flexibility index (Phi) is 9.84. The van der Waals surface area contributed by atoms with E-state index in [9.17, 15) is 41.3 Å². The number of hydrogen-bond donors (Lipinski definition) is 1. The van der Waals surface area contributed by atoms with Gasteiger partial charge in [0.25, 0.3) is 5.69 Å². The first-order valence-electron chi connectivity index (χ1n) is 14.4. The summed E-state index contributed by atoms with van der Waals surface area (Å²) in [6.07, 6.45) is -6.44. The fraction of sp³-hybridized carbons (Fsp3) is 0.517. The fourth-order valence-corrected chi connectivity index (χ4v) is 6.63. The molecule has 45 heavy (non-hydrogen) atoms. The number of anilines is 1. The highest BCUT2D eigenvalue weighted by atomic mass is 32.1. The van der Waals surface area contributed by atoms with Crippen molar-refractivity contribution in [3.05, 3.63) is 62.6 Å². The topological polar surface area (TPSA) is 101 Å². The molecule has 1 aromatic heterocycles. The van der Waals surface area contributed by atoms with Gasteiger partial charge in [0, 0.05) is 44.5 Å². The zero-order chi connectivity index (χ0) is 32.4. The molecule has 1 aliphatic heterocycles. The summed E-state index contributed by atoms with van der Waals surface area (Å²) in [4.78, 5) is 30.9. The van der Waals surface area contributed by atoms with Gasteiger partial charge in [-0.3, -0.25) is 19.8 Å². The number of nitro groups is 1. The molecule has 1 aliphatic carbocycles. The molecule has 1 saturated carbocycles. The molecule has 2 fully saturated rings. The third-order valence-corrected chi connectivity index (χ3v) is 9.19. The van der Waals surface area contributed by atoms with E-state index in [2.05, 4.69) is 15.2 Å². The zero-order valence-corrected chi connectivity index (χ0v) is 24.8. The van der Waals surface area contributed by atoms with Crippen molar-refractivity contribution in [3.63, 3.8) is 0 Å². The highest BCUT2D eigenvalue weighted by Gasteiger charge is 2.38. The molecule has 3 aromatic rings. The van der Waals surface area contributed by atoms with Gasteiger partial charge in [-0.1, -0.05) is 0 Å². The van der Waals surface area contributed by atoms with Gasteiger partial charge in [-0.2, -0.15) is 26.3 Å². The third kappa shape index (κ3) is 8.41. The van der Waals surface area contributed by atoms with Crippen molar-refractivity contribution in [2.24, 2.45) is 5.92 Å². The molecule has 244 valence electrons. The molecule has 9 nitrogen and oxygen atoms in total. The van der Waals surface area contributed by atoms with Crippen molar-refractivity contribution in [3.8, 4) is 0 Å². The molecular weight excluding hydrogens is 628 g/mol. The van der Waals surface area contributed by atoms with Gasteiger partial charge >= 0.3 is 12.4 Å². The van der Waals surface area contributed by atoms with Gasteiger partial charge in [0.05, 0.1) is 33.4 Å². The first-order chi connectivity index (χ1) is 21.3. The number of fused-ring (bicyclic) bond motifs is 1. The standard InChI is InChI=1S/C29H31F6N5O4S/c30-28(31,32)19-3-8-25-23(13-19)37-26(45-25)16-38-9-11-39(12-10-38)27(41)17-44-21-5-1-18(2-6-21)15-36-20-4-7-24(40(42)43)22(14-20)29(33,34)35/h3-4,7-8,13-14,18,21,36H,1-2,5-6,9-12,15-17H2. The third-order valence-electron chi connectivity index (χ3n) is 8.17. The minimum absolute atomic E-state index is 0.0456. The Balaban J connectivity index is 1.01. The summed E-state index contributed by atoms with van der Waals surface area (Å²) >= 11 is 1.36. The lowest BCUT2D eigenvalue weighted by molar-refractivity contribution is -0.388. The Labute approximate surface area is 258 Å². The molecule has 0 atom stereocenters. The molecule has 1 saturated heterocycles. The molecule has 16 heteroatoms. The van der Waals surface area contributed by atoms with E-state index in [1.807, 2.05) is 0 Å². The van der Waals surface area contributed by atoms with Crippen LogP contribution in [0, 0.1) is 16.0 Å². The minimum atomic E-state index is -4.84. The second kappa shape index (κ2) is 13.5. The molecule has 2 heterocycles. The molecule has 0 unspecified atom stereocenters. The summed E-state index contributed by atoms with van der Waals surface area (Å²) in [6, 6.07) is 6.45. The zero-order valence-electron chi connectivity index (χ0n) is 24.0. The van der Waals surface area contributed by atoms with Crippen LogP contribution in [-0.4, -0.2) is 71.0 Å². The van der Waals surface area contributed by atoms with Crippen LogP contribution in [0.4, 0.5) is 37.7 Å². The largest absolute Gasteiger partial charge is 0.423 e. The van der Waals surface area contributed by atoms with Gasteiger partial charge in [0.2, 0.25) is 5.91 Å². The van der Waals surface area contributed by atoms with Gasteiger partial charge in [0.1, 0.15) is 17.2 Å². The average Bonchev–Trinajstić information content (AvgIpc) is 3.40. The number of nitrogens with zero attached hydrogens (tertiary/aromatic N) is 4. The van der Waals surface area contributed by atoms with E-state index in [1.54, 1.807) is 4.90 Å². The number of amides is 1. The number of aromatic nitrogens is 1. The van der Waals surface area contributed by atoms with Crippen LogP contribution in [0.15, 0.2) is 36.4 Å². The van der Waals surface area contributed by atoms with Crippen LogP contribution in [0.1, 0.15) is 41.8 Å². The van der Waals surface area contributed by atoms with Gasteiger partial charge in [0.15, 0.2) is 0 Å². The predicted molar refractivity (Wildman–Crippen MR) is 155 cm³/mol. The minimum Gasteiger partial charge on any atom is -0.385 e. The molecule has 0 spiro atoms. The van der Waals surface area contributed by atoms with Crippen molar-refractivity contribution in [2.75, 3.05) is 44.6 Å². The van der Waals surface area contributed by atoms with E-state index in [0.29, 0.717) is 62.3 Å². The van der Waals surface area contributed by atoms with Crippen LogP contribution >= 0.6 is 11.3 Å². The van der Waals surface area contributed by atoms with Crippen molar-refractivity contribution in [1.29, 1.82) is 0 Å². The highest BCUT2D eigenvalue weighted by Crippen LogP contribution is 2.38. The number of benzene rings is 2. The monoisotopic (exact) mass is 659 g/mol. The number of alkyl halides is 6. The second-order valence-electron chi connectivity index (χ2n) is 11.3. The molecule has 2 aromatic carbocycles. The first kappa shape index (κ1) is 32.9. The number of halogens is 6. The Bertz CT molecular complexity index is 1520. The van der Waals surface area contributed by atoms with E-state index in [0.717, 1.165) is 42.1 Å². The summed E-state index contributed by atoms with van der Waals surface area (Å²) in [7, 11) is 0. The Morgan fingerprint density at radius 1 is 1.00 bits per heavy atom. The van der Waals surface area contributed by atoms with Crippen LogP contribution in [0.25, 0.3) is 10.2 Å². The maximum Gasteiger partial charge on any atom is 0.423 e. The van der Waals surface area contributed by atoms with Crippen LogP contribution in [-0.2, 0) is 28.4 Å². The van der Waals surface area contributed by atoms with Gasteiger partial charge in [-0.25, -0.2) is 4.98 Å². The summed E-state index contributed by atoms with van der Waals surface area (Å²) in [5, 5.41) is 14.6. The van der Waals surface area contributed by atoms with E-state index >= 15 is 0 Å². The van der Waals surface area contributed by atoms with E-state index in [1.165, 1.54) is 23.5 Å². The normalized spacial score (nSPS) is 20.0. The summed E-state index contributed by atoms with van der Waals surface area (Å²) in [6.45, 7) is 3.07. The number of rotatable bonds is 9. The average molecular weight is 660 g/mol. The summed E-state index contributed by atoms with van der Waals surface area (Å²) in [5.41, 5.74) is -2.52. The number of hydrogen-bond acceptors (Lipinski definition) is 8. The number of nitro benzene ring substituents is 1. The van der Waals surface area contributed by atoms with E-state index in [-0.39, 0.29) is 30.2 Å². The smallest absolute Gasteiger partial charge is 0.385 e. The van der Waals surface area contributed by atoms with Crippen molar-refractivity contribution < 1.29 is 40.8 Å². The first-order valence-corrected chi connectivity index (χ1v) is 15.3. The lowest BCUT2D eigenvalue weighted by Gasteiger charge is -2.35. The fourth-order valence-electron chi connectivity index (χ4n) is 5.64. The lowest BCUT2D eigenvalue weighted by atomic mass is 9.87. The van der Waals surface area contributed by atoms with Gasteiger partial charge in [-0.15, -0.1) is 11.3 Å². The van der Waals surface area contributed by atoms with Crippen LogP contribution in [0.5, 0.6) is 0 Å². The number of carbonyl (C=O) groups is 1. The SMILES string of the molecule is O=C(COC1CCC(CNc2ccc([N+](=O)[O-])c(C(F)(F)F)c2)CC1)N1CCN(Cc2nc3cc(C(F)(F)F)ccc3s2)CC1. The maximum atomic E-state index is 13.2. The van der Waals surface area contributed by atoms with Crippen LogP contribution < -0.4 is 5.32 Å². The molecule has 0 radical (unpaired) electrons. The van der Waals surface area contributed by atoms with Gasteiger partial charge < -0.3 is 15.0 Å². The quantitative estimate of drug-likeness (QED) is 0.158. The van der Waals surface area contributed by atoms with Crippen molar-refractivity contribution in [2.45, 2.75) is 50.7 Å². The van der Waals surface area contributed by atoms with Gasteiger partial charge in [-0.05, 0) is 61.9 Å². The molecule has 2 aliphatic rings. The molecule has 1 N–H and O–H groups in total. The number of nitrogens with one attached hydrogen (secondary N) is 1. The summed E-state index contributed by atoms with van der Waals surface area (Å²) in [5.74, 6) is 0.0667. The highest BCUT2D eigenvalue weighted by molar-refractivity contribution is 7.18. The number of ether oxygens (including phenoxy) is 1. The van der Waals surface area contributed by atoms with E-state index < -0.39 is 34.1 Å². The number of thiazole rings is 1. The Morgan fingerprint density at radius 3 is 2.36 bits per heavy atom. The molecule has 0 bridgehead atoms. The maximum absolute atomic E-state index is 13.2. The lowest BCUT2D eigenvalue weighted by Crippen LogP contribution is -2.49. The molecule has 1 amide bonds. The van der Waals surface area contributed by atoms with E-state index in [4.69, 9.17) is 4.74 Å². The molecule has 5 rings (SSSR count). The van der Waals surface area contributed by atoms with Crippen LogP contribution in [0.2, 0.25) is 0 Å². The Morgan fingerprint density at radius 2 is 1.71 bits per heavy atom. The molecular formula is C29H31F6N5O4S. The van der Waals surface area contributed by atoms with Crippen LogP contribution in [0.3, 0.4) is 0 Å².